The van der Waals surface area contributed by atoms with Crippen molar-refractivity contribution in [1.82, 2.24) is 5.32 Å². The molecule has 7 heteroatoms. The molecular formula is C13H15NO5S. The molecule has 1 aliphatic rings. The molecule has 1 heterocycles. The van der Waals surface area contributed by atoms with Crippen LogP contribution < -0.4 is 10.1 Å². The van der Waals surface area contributed by atoms with Gasteiger partial charge in [0.2, 0.25) is 0 Å². The van der Waals surface area contributed by atoms with Crippen LogP contribution >= 0.6 is 11.8 Å². The van der Waals surface area contributed by atoms with Gasteiger partial charge >= 0.3 is 5.97 Å². The number of carboxylic acids is 1. The average molecular weight is 297 g/mol. The largest absolute Gasteiger partial charge is 0.504 e. The first kappa shape index (κ1) is 14.5. The number of amides is 1. The van der Waals surface area contributed by atoms with Gasteiger partial charge in [-0.1, -0.05) is 0 Å². The van der Waals surface area contributed by atoms with Crippen LogP contribution in [0.1, 0.15) is 16.8 Å². The summed E-state index contributed by atoms with van der Waals surface area (Å²) in [5, 5.41) is 21.5. The van der Waals surface area contributed by atoms with Crippen molar-refractivity contribution in [2.45, 2.75) is 12.0 Å². The zero-order valence-corrected chi connectivity index (χ0v) is 11.7. The highest BCUT2D eigenvalue weighted by Gasteiger charge is 2.43. The number of ether oxygens (including phenoxy) is 1. The van der Waals surface area contributed by atoms with Crippen molar-refractivity contribution in [3.05, 3.63) is 23.8 Å². The first-order chi connectivity index (χ1) is 9.48. The first-order valence-electron chi connectivity index (χ1n) is 5.99. The molecule has 2 rings (SSSR count). The Morgan fingerprint density at radius 3 is 2.70 bits per heavy atom. The Morgan fingerprint density at radius 1 is 1.45 bits per heavy atom. The van der Waals surface area contributed by atoms with Crippen LogP contribution in [-0.2, 0) is 4.79 Å². The van der Waals surface area contributed by atoms with Gasteiger partial charge in [-0.15, -0.1) is 0 Å². The fourth-order valence-corrected chi connectivity index (χ4v) is 3.33. The average Bonchev–Trinajstić information content (AvgIpc) is 2.88. The zero-order valence-electron chi connectivity index (χ0n) is 10.9. The van der Waals surface area contributed by atoms with Crippen molar-refractivity contribution in [1.29, 1.82) is 0 Å². The second-order valence-corrected chi connectivity index (χ2v) is 5.64. The van der Waals surface area contributed by atoms with Gasteiger partial charge in [0.1, 0.15) is 5.54 Å². The summed E-state index contributed by atoms with van der Waals surface area (Å²) in [6, 6.07) is 4.19. The molecule has 20 heavy (non-hydrogen) atoms. The number of rotatable bonds is 4. The molecule has 3 N–H and O–H groups in total. The first-order valence-corrected chi connectivity index (χ1v) is 7.15. The van der Waals surface area contributed by atoms with Crippen LogP contribution in [0, 0.1) is 0 Å². The maximum absolute atomic E-state index is 12.1. The Labute approximate surface area is 120 Å². The van der Waals surface area contributed by atoms with Gasteiger partial charge in [0, 0.05) is 11.3 Å². The SMILES string of the molecule is COc1ccc(C(=O)NC2(C(=O)O)CCSC2)cc1O. The van der Waals surface area contributed by atoms with E-state index in [0.29, 0.717) is 17.9 Å². The van der Waals surface area contributed by atoms with Crippen LogP contribution in [0.2, 0.25) is 0 Å². The lowest BCUT2D eigenvalue weighted by Crippen LogP contribution is -2.54. The van der Waals surface area contributed by atoms with Crippen LogP contribution in [-0.4, -0.2) is 46.2 Å². The third-order valence-corrected chi connectivity index (χ3v) is 4.41. The van der Waals surface area contributed by atoms with Gasteiger partial charge in [0.25, 0.3) is 5.91 Å². The molecule has 0 spiro atoms. The highest BCUT2D eigenvalue weighted by atomic mass is 32.2. The normalized spacial score (nSPS) is 21.4. The van der Waals surface area contributed by atoms with Gasteiger partial charge in [-0.3, -0.25) is 4.79 Å². The monoisotopic (exact) mass is 297 g/mol. The van der Waals surface area contributed by atoms with E-state index < -0.39 is 17.4 Å². The van der Waals surface area contributed by atoms with E-state index in [0.717, 1.165) is 0 Å². The van der Waals surface area contributed by atoms with Crippen LogP contribution in [0.4, 0.5) is 0 Å². The minimum absolute atomic E-state index is 0.162. The number of hydrogen-bond acceptors (Lipinski definition) is 5. The smallest absolute Gasteiger partial charge is 0.330 e. The molecule has 1 amide bonds. The quantitative estimate of drug-likeness (QED) is 0.770. The molecular weight excluding hydrogens is 282 g/mol. The molecule has 0 aliphatic carbocycles. The predicted molar refractivity (Wildman–Crippen MR) is 74.4 cm³/mol. The predicted octanol–water partition coefficient (Wildman–Crippen LogP) is 1.09. The van der Waals surface area contributed by atoms with Gasteiger partial charge in [-0.2, -0.15) is 11.8 Å². The van der Waals surface area contributed by atoms with E-state index in [9.17, 15) is 19.8 Å². The molecule has 1 aromatic rings. The van der Waals surface area contributed by atoms with Crippen LogP contribution in [0.5, 0.6) is 11.5 Å². The van der Waals surface area contributed by atoms with E-state index in [1.165, 1.54) is 37.1 Å². The molecule has 0 radical (unpaired) electrons. The summed E-state index contributed by atoms with van der Waals surface area (Å²) >= 11 is 1.49. The summed E-state index contributed by atoms with van der Waals surface area (Å²) in [4.78, 5) is 23.5. The molecule has 108 valence electrons. The number of nitrogens with one attached hydrogen (secondary N) is 1. The Morgan fingerprint density at radius 2 is 2.20 bits per heavy atom. The minimum Gasteiger partial charge on any atom is -0.504 e. The van der Waals surface area contributed by atoms with Gasteiger partial charge in [0.05, 0.1) is 7.11 Å². The van der Waals surface area contributed by atoms with E-state index >= 15 is 0 Å². The maximum atomic E-state index is 12.1. The van der Waals surface area contributed by atoms with Gasteiger partial charge in [0.15, 0.2) is 11.5 Å². The van der Waals surface area contributed by atoms with Crippen molar-refractivity contribution >= 4 is 23.6 Å². The highest BCUT2D eigenvalue weighted by Crippen LogP contribution is 2.30. The fraction of sp³-hybridized carbons (Fsp3) is 0.385. The maximum Gasteiger partial charge on any atom is 0.330 e. The number of phenolic OH excluding ortho intramolecular Hbond substituents is 1. The standard InChI is InChI=1S/C13H15NO5S/c1-19-10-3-2-8(6-9(10)15)11(16)14-13(12(17)18)4-5-20-7-13/h2-3,6,15H,4-5,7H2,1H3,(H,14,16)(H,17,18). The van der Waals surface area contributed by atoms with Crippen molar-refractivity contribution in [3.63, 3.8) is 0 Å². The Kier molecular flexibility index (Phi) is 4.08. The summed E-state index contributed by atoms with van der Waals surface area (Å²) in [7, 11) is 1.41. The second kappa shape index (κ2) is 5.62. The van der Waals surface area contributed by atoms with Gasteiger partial charge in [-0.25, -0.2) is 4.79 Å². The summed E-state index contributed by atoms with van der Waals surface area (Å²) < 4.78 is 4.89. The lowest BCUT2D eigenvalue weighted by Gasteiger charge is -2.24. The Hall–Kier alpha value is -1.89. The molecule has 1 atom stereocenters. The summed E-state index contributed by atoms with van der Waals surface area (Å²) in [5.74, 6) is -0.422. The number of benzene rings is 1. The number of hydrogen-bond donors (Lipinski definition) is 3. The second-order valence-electron chi connectivity index (χ2n) is 4.53. The Balaban J connectivity index is 2.19. The number of carboxylic acid groups (broad SMARTS) is 1. The Bertz CT molecular complexity index is 540. The zero-order chi connectivity index (χ0) is 14.8. The number of aromatic hydroxyl groups is 1. The fourth-order valence-electron chi connectivity index (χ4n) is 2.01. The molecule has 1 unspecified atom stereocenters. The van der Waals surface area contributed by atoms with Crippen LogP contribution in [0.3, 0.4) is 0 Å². The molecule has 1 aliphatic heterocycles. The topological polar surface area (TPSA) is 95.9 Å². The molecule has 0 aromatic heterocycles. The van der Waals surface area contributed by atoms with Gasteiger partial charge in [-0.05, 0) is 30.4 Å². The van der Waals surface area contributed by atoms with E-state index in [-0.39, 0.29) is 17.1 Å². The summed E-state index contributed by atoms with van der Waals surface area (Å²) in [6.07, 6.45) is 0.390. The number of phenols is 1. The highest BCUT2D eigenvalue weighted by molar-refractivity contribution is 7.99. The lowest BCUT2D eigenvalue weighted by molar-refractivity contribution is -0.143. The minimum atomic E-state index is -1.22. The van der Waals surface area contributed by atoms with Crippen LogP contribution in [0.15, 0.2) is 18.2 Å². The molecule has 6 nitrogen and oxygen atoms in total. The lowest BCUT2D eigenvalue weighted by atomic mass is 9.98. The van der Waals surface area contributed by atoms with E-state index in [2.05, 4.69) is 5.32 Å². The van der Waals surface area contributed by atoms with Crippen molar-refractivity contribution < 1.29 is 24.5 Å². The van der Waals surface area contributed by atoms with Crippen molar-refractivity contribution in [2.75, 3.05) is 18.6 Å². The molecule has 1 fully saturated rings. The molecule has 1 saturated heterocycles. The number of aliphatic carboxylic acids is 1. The third-order valence-electron chi connectivity index (χ3n) is 3.22. The third kappa shape index (κ3) is 2.67. The molecule has 0 bridgehead atoms. The molecule has 0 saturated carbocycles. The summed E-state index contributed by atoms with van der Waals surface area (Å²) in [5.41, 5.74) is -1.03. The van der Waals surface area contributed by atoms with Crippen molar-refractivity contribution in [3.8, 4) is 11.5 Å². The van der Waals surface area contributed by atoms with E-state index in [1.54, 1.807) is 0 Å². The number of thioether (sulfide) groups is 1. The number of carbonyl (C=O) groups is 2. The van der Waals surface area contributed by atoms with Gasteiger partial charge < -0.3 is 20.3 Å². The van der Waals surface area contributed by atoms with E-state index in [1.807, 2.05) is 0 Å². The van der Waals surface area contributed by atoms with Crippen LogP contribution in [0.25, 0.3) is 0 Å². The number of methoxy groups -OCH3 is 1. The van der Waals surface area contributed by atoms with Crippen molar-refractivity contribution in [2.24, 2.45) is 0 Å². The van der Waals surface area contributed by atoms with E-state index in [4.69, 9.17) is 4.74 Å². The summed E-state index contributed by atoms with van der Waals surface area (Å²) in [6.45, 7) is 0. The molecule has 1 aromatic carbocycles. The number of carbonyl (C=O) groups excluding carboxylic acids is 1.